The quantitative estimate of drug-likeness (QED) is 0.517. The van der Waals surface area contributed by atoms with Gasteiger partial charge in [-0.25, -0.2) is 0 Å². The minimum absolute atomic E-state index is 0.0345. The van der Waals surface area contributed by atoms with Crippen LogP contribution in [0.4, 0.5) is 0 Å². The molecule has 2 aromatic heterocycles. The van der Waals surface area contributed by atoms with Gasteiger partial charge in [0.2, 0.25) is 0 Å². The lowest BCUT2D eigenvalue weighted by Crippen LogP contribution is -2.16. The van der Waals surface area contributed by atoms with Gasteiger partial charge in [-0.15, -0.1) is 0 Å². The number of benzene rings is 1. The molecule has 0 unspecified atom stereocenters. The molecule has 154 valence electrons. The summed E-state index contributed by atoms with van der Waals surface area (Å²) in [4.78, 5) is 0. The third-order valence-electron chi connectivity index (χ3n) is 5.94. The van der Waals surface area contributed by atoms with Crippen LogP contribution < -0.4 is 0 Å². The number of aromatic nitrogens is 5. The molecule has 1 aliphatic carbocycles. The van der Waals surface area contributed by atoms with Gasteiger partial charge in [0.1, 0.15) is 5.69 Å². The molecule has 6 heteroatoms. The fourth-order valence-corrected chi connectivity index (χ4v) is 4.80. The van der Waals surface area contributed by atoms with Crippen LogP contribution in [-0.4, -0.2) is 25.0 Å². The van der Waals surface area contributed by atoms with E-state index in [0.29, 0.717) is 10.8 Å². The third-order valence-corrected chi connectivity index (χ3v) is 6.22. The molecule has 0 atom stereocenters. The molecular weight excluding hydrogens is 378 g/mol. The van der Waals surface area contributed by atoms with Crippen molar-refractivity contribution < 1.29 is 0 Å². The molecule has 29 heavy (non-hydrogen) atoms. The maximum atomic E-state index is 5.63. The van der Waals surface area contributed by atoms with Crippen LogP contribution in [0.3, 0.4) is 0 Å². The van der Waals surface area contributed by atoms with E-state index >= 15 is 0 Å². The van der Waals surface area contributed by atoms with E-state index in [0.717, 1.165) is 36.5 Å². The predicted octanol–water partition coefficient (Wildman–Crippen LogP) is 6.03. The summed E-state index contributed by atoms with van der Waals surface area (Å²) in [6.07, 6.45) is 6.95. The van der Waals surface area contributed by atoms with E-state index in [4.69, 9.17) is 17.3 Å². The number of hydrogen-bond acceptors (Lipinski definition) is 3. The van der Waals surface area contributed by atoms with Crippen molar-refractivity contribution in [2.24, 2.45) is 0 Å². The highest BCUT2D eigenvalue weighted by atomic mass is 32.1. The van der Waals surface area contributed by atoms with Crippen LogP contribution in [0.2, 0.25) is 0 Å². The minimum Gasteiger partial charge on any atom is -0.296 e. The molecule has 0 amide bonds. The zero-order valence-corrected chi connectivity index (χ0v) is 18.7. The largest absolute Gasteiger partial charge is 0.296 e. The second-order valence-electron chi connectivity index (χ2n) is 9.36. The molecule has 3 aromatic rings. The van der Waals surface area contributed by atoms with Gasteiger partial charge in [0.15, 0.2) is 10.6 Å². The lowest BCUT2D eigenvalue weighted by molar-refractivity contribution is 0.352. The number of hydrogen-bond donors (Lipinski definition) is 2. The minimum atomic E-state index is -0.0345. The van der Waals surface area contributed by atoms with E-state index < -0.39 is 0 Å². The van der Waals surface area contributed by atoms with E-state index in [2.05, 4.69) is 71.8 Å². The van der Waals surface area contributed by atoms with Crippen molar-refractivity contribution in [3.05, 3.63) is 51.4 Å². The van der Waals surface area contributed by atoms with Gasteiger partial charge in [0.25, 0.3) is 0 Å². The monoisotopic (exact) mass is 409 g/mol. The standard InChI is InChI=1S/C23H31N5S/c1-15-9-8-10-16(13-15)14-18-19(24-25-20(18)23(2,3)4)21-26-27-22(29)28(21)17-11-6-5-7-12-17/h8-10,13,17H,5-7,11-12,14H2,1-4H3,(H,24,25)(H,27,29). The Kier molecular flexibility index (Phi) is 5.47. The van der Waals surface area contributed by atoms with Crippen LogP contribution in [0.25, 0.3) is 11.5 Å². The molecule has 1 fully saturated rings. The molecule has 0 saturated heterocycles. The summed E-state index contributed by atoms with van der Waals surface area (Å²) >= 11 is 5.63. The van der Waals surface area contributed by atoms with E-state index in [-0.39, 0.29) is 5.41 Å². The van der Waals surface area contributed by atoms with Crippen LogP contribution in [-0.2, 0) is 11.8 Å². The van der Waals surface area contributed by atoms with Crippen LogP contribution >= 0.6 is 12.2 Å². The molecule has 0 spiro atoms. The van der Waals surface area contributed by atoms with Crippen LogP contribution in [0.1, 0.15) is 81.3 Å². The highest BCUT2D eigenvalue weighted by Crippen LogP contribution is 2.36. The molecular formula is C23H31N5S. The van der Waals surface area contributed by atoms with Gasteiger partial charge in [-0.2, -0.15) is 10.2 Å². The predicted molar refractivity (Wildman–Crippen MR) is 120 cm³/mol. The van der Waals surface area contributed by atoms with E-state index in [9.17, 15) is 0 Å². The molecule has 1 aliphatic rings. The molecule has 2 N–H and O–H groups in total. The van der Waals surface area contributed by atoms with Gasteiger partial charge < -0.3 is 0 Å². The Balaban J connectivity index is 1.83. The number of nitrogens with one attached hydrogen (secondary N) is 2. The maximum Gasteiger partial charge on any atom is 0.195 e. The summed E-state index contributed by atoms with van der Waals surface area (Å²) in [7, 11) is 0. The summed E-state index contributed by atoms with van der Waals surface area (Å²) in [5.74, 6) is 0.872. The highest BCUT2D eigenvalue weighted by molar-refractivity contribution is 7.71. The highest BCUT2D eigenvalue weighted by Gasteiger charge is 2.28. The van der Waals surface area contributed by atoms with Crippen molar-refractivity contribution in [1.82, 2.24) is 25.0 Å². The molecule has 1 saturated carbocycles. The molecule has 0 aliphatic heterocycles. The summed E-state index contributed by atoms with van der Waals surface area (Å²) < 4.78 is 2.92. The molecule has 2 heterocycles. The zero-order valence-electron chi connectivity index (χ0n) is 17.9. The van der Waals surface area contributed by atoms with Gasteiger partial charge in [0, 0.05) is 29.1 Å². The SMILES string of the molecule is Cc1cccc(Cc2c(-c3n[nH]c(=S)n3C3CCCCC3)n[nH]c2C(C)(C)C)c1. The summed E-state index contributed by atoms with van der Waals surface area (Å²) in [5, 5.41) is 15.8. The number of H-pyrrole nitrogens is 2. The van der Waals surface area contributed by atoms with Crippen molar-refractivity contribution in [3.63, 3.8) is 0 Å². The first kappa shape index (κ1) is 20.1. The lowest BCUT2D eigenvalue weighted by atomic mass is 9.86. The third kappa shape index (κ3) is 4.08. The Morgan fingerprint density at radius 3 is 2.55 bits per heavy atom. The van der Waals surface area contributed by atoms with Crippen molar-refractivity contribution in [1.29, 1.82) is 0 Å². The van der Waals surface area contributed by atoms with Crippen LogP contribution in [0.5, 0.6) is 0 Å². The average Bonchev–Trinajstić information content (AvgIpc) is 3.25. The van der Waals surface area contributed by atoms with Crippen molar-refractivity contribution in [2.75, 3.05) is 0 Å². The van der Waals surface area contributed by atoms with Gasteiger partial charge in [-0.1, -0.05) is 69.9 Å². The Morgan fingerprint density at radius 1 is 1.10 bits per heavy atom. The van der Waals surface area contributed by atoms with Crippen molar-refractivity contribution >= 4 is 12.2 Å². The number of rotatable bonds is 4. The van der Waals surface area contributed by atoms with Gasteiger partial charge >= 0.3 is 0 Å². The fourth-order valence-electron chi connectivity index (χ4n) is 4.52. The van der Waals surface area contributed by atoms with Gasteiger partial charge in [-0.05, 0) is 37.5 Å². The van der Waals surface area contributed by atoms with Crippen molar-refractivity contribution in [3.8, 4) is 11.5 Å². The van der Waals surface area contributed by atoms with Crippen LogP contribution in [0, 0.1) is 11.7 Å². The van der Waals surface area contributed by atoms with Crippen molar-refractivity contribution in [2.45, 2.75) is 77.7 Å². The maximum absolute atomic E-state index is 5.63. The Morgan fingerprint density at radius 2 is 1.86 bits per heavy atom. The normalized spacial score (nSPS) is 15.7. The second kappa shape index (κ2) is 7.90. The lowest BCUT2D eigenvalue weighted by Gasteiger charge is -2.24. The Bertz CT molecular complexity index is 1040. The summed E-state index contributed by atoms with van der Waals surface area (Å²) in [6, 6.07) is 9.11. The number of aromatic amines is 2. The van der Waals surface area contributed by atoms with E-state index in [1.165, 1.54) is 36.0 Å². The topological polar surface area (TPSA) is 62.3 Å². The van der Waals surface area contributed by atoms with E-state index in [1.54, 1.807) is 0 Å². The fraction of sp³-hybridized carbons (Fsp3) is 0.522. The summed E-state index contributed by atoms with van der Waals surface area (Å²) in [6.45, 7) is 8.81. The number of nitrogens with zero attached hydrogens (tertiary/aromatic N) is 3. The second-order valence-corrected chi connectivity index (χ2v) is 9.74. The molecule has 4 rings (SSSR count). The summed E-state index contributed by atoms with van der Waals surface area (Å²) in [5.41, 5.74) is 5.83. The smallest absolute Gasteiger partial charge is 0.195 e. The van der Waals surface area contributed by atoms with E-state index in [1.807, 2.05) is 0 Å². The first-order chi connectivity index (χ1) is 13.8. The molecule has 5 nitrogen and oxygen atoms in total. The van der Waals surface area contributed by atoms with Gasteiger partial charge in [0.05, 0.1) is 0 Å². The molecule has 0 bridgehead atoms. The first-order valence-corrected chi connectivity index (χ1v) is 11.1. The number of aryl methyl sites for hydroxylation is 1. The zero-order chi connectivity index (χ0) is 20.6. The first-order valence-electron chi connectivity index (χ1n) is 10.6. The average molecular weight is 410 g/mol. The Labute approximate surface area is 178 Å². The Hall–Kier alpha value is -2.21. The molecule has 1 aromatic carbocycles. The van der Waals surface area contributed by atoms with Gasteiger partial charge in [-0.3, -0.25) is 14.8 Å². The molecule has 0 radical (unpaired) electrons. The van der Waals surface area contributed by atoms with Crippen LogP contribution in [0.15, 0.2) is 24.3 Å².